The number of nitrogens with zero attached hydrogens (tertiary/aromatic N) is 2. The van der Waals surface area contributed by atoms with Crippen molar-refractivity contribution in [3.8, 4) is 0 Å². The van der Waals surface area contributed by atoms with E-state index in [0.29, 0.717) is 6.04 Å². The van der Waals surface area contributed by atoms with Crippen LogP contribution in [0, 0.1) is 0 Å². The van der Waals surface area contributed by atoms with E-state index in [-0.39, 0.29) is 0 Å². The normalized spacial score (nSPS) is 33.2. The van der Waals surface area contributed by atoms with E-state index in [1.165, 1.54) is 82.3 Å². The molecule has 4 fully saturated rings. The minimum Gasteiger partial charge on any atom is -0.385 e. The molecule has 0 bridgehead atoms. The fourth-order valence-electron chi connectivity index (χ4n) is 5.01. The van der Waals surface area contributed by atoms with Crippen LogP contribution < -0.4 is 5.32 Å². The summed E-state index contributed by atoms with van der Waals surface area (Å²) < 4.78 is 0. The van der Waals surface area contributed by atoms with Crippen LogP contribution in [0.5, 0.6) is 0 Å². The van der Waals surface area contributed by atoms with E-state index in [4.69, 9.17) is 0 Å². The minimum atomic E-state index is 0.686. The maximum atomic E-state index is 3.45. The number of benzene rings is 1. The summed E-state index contributed by atoms with van der Waals surface area (Å²) in [6, 6.07) is 11.8. The fourth-order valence-corrected chi connectivity index (χ4v) is 5.01. The predicted molar refractivity (Wildman–Crippen MR) is 106 cm³/mol. The number of nitrogens with one attached hydrogen (secondary N) is 1. The molecule has 4 unspecified atom stereocenters. The Bertz CT molecular complexity index is 533. The summed E-state index contributed by atoms with van der Waals surface area (Å²) in [6.07, 6.45) is 11.1. The van der Waals surface area contributed by atoms with Gasteiger partial charge >= 0.3 is 0 Å². The summed E-state index contributed by atoms with van der Waals surface area (Å²) in [5, 5.41) is 3.45. The molecule has 1 aromatic carbocycles. The van der Waals surface area contributed by atoms with Gasteiger partial charge in [0, 0.05) is 36.9 Å². The molecule has 3 heteroatoms. The second-order valence-corrected chi connectivity index (χ2v) is 8.32. The highest BCUT2D eigenvalue weighted by Crippen LogP contribution is 2.40. The van der Waals surface area contributed by atoms with Crippen molar-refractivity contribution in [1.29, 1.82) is 0 Å². The second kappa shape index (κ2) is 8.09. The van der Waals surface area contributed by atoms with Crippen LogP contribution in [0.3, 0.4) is 0 Å². The first-order valence-electron chi connectivity index (χ1n) is 10.7. The van der Waals surface area contributed by atoms with E-state index in [0.717, 1.165) is 18.6 Å². The zero-order valence-corrected chi connectivity index (χ0v) is 15.9. The molecule has 0 radical (unpaired) electrons. The van der Waals surface area contributed by atoms with Crippen molar-refractivity contribution in [1.82, 2.24) is 9.80 Å². The van der Waals surface area contributed by atoms with Crippen molar-refractivity contribution in [3.63, 3.8) is 0 Å². The molecule has 3 nitrogen and oxygen atoms in total. The Morgan fingerprint density at radius 1 is 0.920 bits per heavy atom. The smallest absolute Gasteiger partial charge is 0.0351 e. The lowest BCUT2D eigenvalue weighted by Gasteiger charge is -2.34. The highest BCUT2D eigenvalue weighted by Gasteiger charge is 2.37. The van der Waals surface area contributed by atoms with Crippen molar-refractivity contribution in [3.05, 3.63) is 29.8 Å². The van der Waals surface area contributed by atoms with Crippen LogP contribution in [0.15, 0.2) is 24.3 Å². The molecule has 0 amide bonds. The second-order valence-electron chi connectivity index (χ2n) is 8.32. The number of piperidine rings is 2. The van der Waals surface area contributed by atoms with Gasteiger partial charge in [0.1, 0.15) is 0 Å². The number of rotatable bonds is 4. The fraction of sp³-hybridized carbons (Fsp3) is 0.727. The first-order chi connectivity index (χ1) is 12.3. The van der Waals surface area contributed by atoms with Crippen LogP contribution in [0.1, 0.15) is 69.9 Å². The van der Waals surface area contributed by atoms with E-state index in [2.05, 4.69) is 46.3 Å². The molecule has 1 aromatic rings. The largest absolute Gasteiger partial charge is 0.385 e. The summed E-state index contributed by atoms with van der Waals surface area (Å²) in [5.41, 5.74) is 2.78. The molecule has 25 heavy (non-hydrogen) atoms. The molecule has 1 N–H and O–H groups in total. The van der Waals surface area contributed by atoms with Gasteiger partial charge in [-0.3, -0.25) is 9.80 Å². The van der Waals surface area contributed by atoms with Gasteiger partial charge in [-0.1, -0.05) is 25.5 Å². The summed E-state index contributed by atoms with van der Waals surface area (Å²) >= 11 is 0. The Hall–Kier alpha value is -1.06. The monoisotopic (exact) mass is 341 g/mol. The van der Waals surface area contributed by atoms with Crippen molar-refractivity contribution in [2.75, 3.05) is 31.5 Å². The first-order valence-corrected chi connectivity index (χ1v) is 10.7. The maximum Gasteiger partial charge on any atom is 0.0351 e. The molecule has 0 spiro atoms. The molecule has 0 aliphatic carbocycles. The Balaban J connectivity index is 0.000000217. The Kier molecular flexibility index (Phi) is 5.62. The summed E-state index contributed by atoms with van der Waals surface area (Å²) in [5.74, 6) is 0. The molecule has 138 valence electrons. The van der Waals surface area contributed by atoms with Gasteiger partial charge in [0.25, 0.3) is 0 Å². The van der Waals surface area contributed by atoms with Crippen molar-refractivity contribution < 1.29 is 0 Å². The van der Waals surface area contributed by atoms with Gasteiger partial charge in [-0.25, -0.2) is 0 Å². The molecular formula is C22H35N3. The molecule has 4 aliphatic heterocycles. The molecule has 4 atom stereocenters. The minimum absolute atomic E-state index is 0.686. The predicted octanol–water partition coefficient (Wildman–Crippen LogP) is 4.66. The highest BCUT2D eigenvalue weighted by atomic mass is 15.3. The van der Waals surface area contributed by atoms with Crippen LogP contribution >= 0.6 is 0 Å². The standard InChI is InChI=1S/C17H26N2.C5H9N/c1-2-12-18-15-8-6-14(7-9-15)17-11-10-16-5-3-4-13-19(16)17;1-2-5-4-6(5)3-1/h6-9,16-18H,2-5,10-13H2,1H3;5H,1-4H2. The number of hydrogen-bond donors (Lipinski definition) is 1. The van der Waals surface area contributed by atoms with Crippen LogP contribution in [-0.4, -0.2) is 48.1 Å². The summed E-state index contributed by atoms with van der Waals surface area (Å²) in [4.78, 5) is 5.29. The zero-order chi connectivity index (χ0) is 17.1. The summed E-state index contributed by atoms with van der Waals surface area (Å²) in [7, 11) is 0. The Morgan fingerprint density at radius 2 is 1.76 bits per heavy atom. The van der Waals surface area contributed by atoms with Gasteiger partial charge in [-0.15, -0.1) is 0 Å². The highest BCUT2D eigenvalue weighted by molar-refractivity contribution is 5.45. The Labute approximate surface area is 153 Å². The molecule has 0 saturated carbocycles. The van der Waals surface area contributed by atoms with E-state index >= 15 is 0 Å². The topological polar surface area (TPSA) is 18.3 Å². The third-order valence-electron chi connectivity index (χ3n) is 6.53. The third kappa shape index (κ3) is 4.20. The summed E-state index contributed by atoms with van der Waals surface area (Å²) in [6.45, 7) is 7.39. The van der Waals surface area contributed by atoms with Gasteiger partial charge in [0.05, 0.1) is 0 Å². The molecule has 4 saturated heterocycles. The Morgan fingerprint density at radius 3 is 2.40 bits per heavy atom. The average Bonchev–Trinajstić information content (AvgIpc) is 3.07. The van der Waals surface area contributed by atoms with Gasteiger partial charge in [-0.05, 0) is 75.7 Å². The third-order valence-corrected chi connectivity index (χ3v) is 6.53. The van der Waals surface area contributed by atoms with E-state index < -0.39 is 0 Å². The van der Waals surface area contributed by atoms with E-state index in [9.17, 15) is 0 Å². The van der Waals surface area contributed by atoms with E-state index in [1.807, 2.05) is 0 Å². The number of anilines is 1. The van der Waals surface area contributed by atoms with Crippen LogP contribution in [0.4, 0.5) is 5.69 Å². The van der Waals surface area contributed by atoms with Crippen LogP contribution in [0.2, 0.25) is 0 Å². The molecular weight excluding hydrogens is 306 g/mol. The lowest BCUT2D eigenvalue weighted by Crippen LogP contribution is -2.35. The average molecular weight is 342 g/mol. The van der Waals surface area contributed by atoms with Crippen molar-refractivity contribution >= 4 is 5.69 Å². The van der Waals surface area contributed by atoms with Gasteiger partial charge < -0.3 is 5.32 Å². The molecule has 4 heterocycles. The van der Waals surface area contributed by atoms with Crippen molar-refractivity contribution in [2.45, 2.75) is 76.4 Å². The van der Waals surface area contributed by atoms with Crippen LogP contribution in [0.25, 0.3) is 0 Å². The van der Waals surface area contributed by atoms with Crippen LogP contribution in [-0.2, 0) is 0 Å². The van der Waals surface area contributed by atoms with Gasteiger partial charge in [0.2, 0.25) is 0 Å². The lowest BCUT2D eigenvalue weighted by atomic mass is 10.0. The molecule has 4 aliphatic rings. The first kappa shape index (κ1) is 17.4. The van der Waals surface area contributed by atoms with Gasteiger partial charge in [0.15, 0.2) is 0 Å². The quantitative estimate of drug-likeness (QED) is 0.803. The number of fused-ring (bicyclic) bond motifs is 2. The van der Waals surface area contributed by atoms with Gasteiger partial charge in [-0.2, -0.15) is 0 Å². The van der Waals surface area contributed by atoms with Crippen molar-refractivity contribution in [2.24, 2.45) is 0 Å². The zero-order valence-electron chi connectivity index (χ0n) is 15.9. The SMILES string of the molecule is C1CC2CN2C1.CCCNc1ccc(C2CCC3CCCCN32)cc1. The lowest BCUT2D eigenvalue weighted by molar-refractivity contribution is 0.150. The maximum absolute atomic E-state index is 3.45. The van der Waals surface area contributed by atoms with E-state index in [1.54, 1.807) is 0 Å². The number of hydrogen-bond acceptors (Lipinski definition) is 3. The molecule has 0 aromatic heterocycles. The molecule has 5 rings (SSSR count).